The number of anilines is 2. The van der Waals surface area contributed by atoms with Crippen molar-refractivity contribution in [2.45, 2.75) is 19.8 Å². The molecule has 0 saturated carbocycles. The largest absolute Gasteiger partial charge is 0.378 e. The zero-order chi connectivity index (χ0) is 20.5. The second-order valence-electron chi connectivity index (χ2n) is 7.86. The van der Waals surface area contributed by atoms with E-state index in [0.29, 0.717) is 5.78 Å². The summed E-state index contributed by atoms with van der Waals surface area (Å²) in [6.07, 6.45) is 6.12. The van der Waals surface area contributed by atoms with Crippen LogP contribution >= 0.6 is 0 Å². The summed E-state index contributed by atoms with van der Waals surface area (Å²) in [5.41, 5.74) is 3.67. The topological polar surface area (TPSA) is 75.0 Å². The number of fused-ring (bicyclic) bond motifs is 1. The second kappa shape index (κ2) is 7.95. The summed E-state index contributed by atoms with van der Waals surface area (Å²) in [5.74, 6) is 1.71. The highest BCUT2D eigenvalue weighted by molar-refractivity contribution is 5.90. The van der Waals surface area contributed by atoms with Crippen LogP contribution in [-0.4, -0.2) is 64.7 Å². The number of morpholine rings is 1. The number of likely N-dealkylation sites (tertiary alicyclic amines) is 1. The maximum absolute atomic E-state index is 12.4. The Morgan fingerprint density at radius 1 is 1.13 bits per heavy atom. The van der Waals surface area contributed by atoms with Crippen LogP contribution in [0.3, 0.4) is 0 Å². The highest BCUT2D eigenvalue weighted by Gasteiger charge is 2.19. The average Bonchev–Trinajstić information content (AvgIpc) is 3.44. The Bertz CT molecular complexity index is 1070. The quantitative estimate of drug-likeness (QED) is 0.723. The standard InChI is InChI=1S/C22H26N6O2/c1-16-15-28-19(26-9-11-30-12-10-26)14-23-21(28)25-20(16)17-5-4-6-18(13-17)24-22(29)27-7-2-3-8-27/h4-6,13-15H,2-3,7-12H2,1H3,(H,24,29). The predicted octanol–water partition coefficient (Wildman–Crippen LogP) is 3.17. The average molecular weight is 406 g/mol. The molecular formula is C22H26N6O2. The van der Waals surface area contributed by atoms with Crippen molar-refractivity contribution in [1.29, 1.82) is 0 Å². The van der Waals surface area contributed by atoms with E-state index < -0.39 is 0 Å². The van der Waals surface area contributed by atoms with Crippen molar-refractivity contribution >= 4 is 23.3 Å². The van der Waals surface area contributed by atoms with Crippen LogP contribution in [0.15, 0.2) is 36.7 Å². The Morgan fingerprint density at radius 3 is 2.73 bits per heavy atom. The number of aryl methyl sites for hydroxylation is 1. The van der Waals surface area contributed by atoms with Crippen molar-refractivity contribution in [3.05, 3.63) is 42.2 Å². The number of carbonyl (C=O) groups is 1. The molecule has 4 heterocycles. The lowest BCUT2D eigenvalue weighted by Gasteiger charge is -2.27. The molecule has 2 aliphatic rings. The van der Waals surface area contributed by atoms with Gasteiger partial charge in [0.1, 0.15) is 5.82 Å². The normalized spacial score (nSPS) is 17.0. The summed E-state index contributed by atoms with van der Waals surface area (Å²) < 4.78 is 7.51. The van der Waals surface area contributed by atoms with Gasteiger partial charge in [-0.3, -0.25) is 4.40 Å². The third-order valence-electron chi connectivity index (χ3n) is 5.78. The van der Waals surface area contributed by atoms with Crippen molar-refractivity contribution < 1.29 is 9.53 Å². The predicted molar refractivity (Wildman–Crippen MR) is 116 cm³/mol. The Balaban J connectivity index is 1.43. The van der Waals surface area contributed by atoms with Crippen molar-refractivity contribution in [2.24, 2.45) is 0 Å². The summed E-state index contributed by atoms with van der Waals surface area (Å²) in [5, 5.41) is 3.02. The molecule has 156 valence electrons. The van der Waals surface area contributed by atoms with Crippen LogP contribution in [0, 0.1) is 6.92 Å². The minimum atomic E-state index is -0.0341. The molecule has 2 aliphatic heterocycles. The first-order valence-corrected chi connectivity index (χ1v) is 10.5. The summed E-state index contributed by atoms with van der Waals surface area (Å²) in [6.45, 7) is 6.88. The van der Waals surface area contributed by atoms with Crippen molar-refractivity contribution in [1.82, 2.24) is 19.3 Å². The van der Waals surface area contributed by atoms with E-state index in [2.05, 4.69) is 28.3 Å². The summed E-state index contributed by atoms with van der Waals surface area (Å²) in [7, 11) is 0. The Morgan fingerprint density at radius 2 is 1.93 bits per heavy atom. The minimum Gasteiger partial charge on any atom is -0.378 e. The first-order valence-electron chi connectivity index (χ1n) is 10.5. The third-order valence-corrected chi connectivity index (χ3v) is 5.78. The first-order chi connectivity index (χ1) is 14.7. The fraction of sp³-hybridized carbons (Fsp3) is 0.409. The number of hydrogen-bond donors (Lipinski definition) is 1. The van der Waals surface area contributed by atoms with E-state index in [9.17, 15) is 4.79 Å². The number of imidazole rings is 1. The number of benzene rings is 1. The molecule has 1 N–H and O–H groups in total. The molecule has 0 aliphatic carbocycles. The molecule has 2 saturated heterocycles. The van der Waals surface area contributed by atoms with Gasteiger partial charge in [0.2, 0.25) is 5.78 Å². The van der Waals surface area contributed by atoms with E-state index in [-0.39, 0.29) is 6.03 Å². The van der Waals surface area contributed by atoms with Crippen LogP contribution in [0.4, 0.5) is 16.3 Å². The van der Waals surface area contributed by atoms with E-state index in [4.69, 9.17) is 9.72 Å². The Labute approximate surface area is 175 Å². The number of aromatic nitrogens is 3. The van der Waals surface area contributed by atoms with Gasteiger partial charge in [-0.2, -0.15) is 0 Å². The van der Waals surface area contributed by atoms with Crippen LogP contribution in [0.2, 0.25) is 0 Å². The molecule has 2 amide bonds. The zero-order valence-electron chi connectivity index (χ0n) is 17.2. The van der Waals surface area contributed by atoms with Crippen LogP contribution in [0.25, 0.3) is 17.0 Å². The van der Waals surface area contributed by atoms with Gasteiger partial charge in [-0.15, -0.1) is 0 Å². The second-order valence-corrected chi connectivity index (χ2v) is 7.86. The monoisotopic (exact) mass is 406 g/mol. The lowest BCUT2D eigenvalue weighted by atomic mass is 10.1. The number of nitrogens with one attached hydrogen (secondary N) is 1. The Kier molecular flexibility index (Phi) is 5.00. The van der Waals surface area contributed by atoms with Crippen molar-refractivity contribution in [3.63, 3.8) is 0 Å². The van der Waals surface area contributed by atoms with Gasteiger partial charge in [0, 0.05) is 43.6 Å². The van der Waals surface area contributed by atoms with Gasteiger partial charge in [0.05, 0.1) is 25.1 Å². The van der Waals surface area contributed by atoms with E-state index in [1.165, 1.54) is 0 Å². The Hall–Kier alpha value is -3.13. The molecule has 2 aromatic heterocycles. The van der Waals surface area contributed by atoms with Gasteiger partial charge >= 0.3 is 6.03 Å². The molecule has 0 bridgehead atoms. The van der Waals surface area contributed by atoms with E-state index >= 15 is 0 Å². The smallest absolute Gasteiger partial charge is 0.321 e. The fourth-order valence-electron chi connectivity index (χ4n) is 4.18. The summed E-state index contributed by atoms with van der Waals surface area (Å²) in [6, 6.07) is 7.82. The summed E-state index contributed by atoms with van der Waals surface area (Å²) >= 11 is 0. The fourth-order valence-corrected chi connectivity index (χ4v) is 4.18. The molecule has 2 fully saturated rings. The minimum absolute atomic E-state index is 0.0341. The molecule has 0 atom stereocenters. The number of urea groups is 1. The number of nitrogens with zero attached hydrogens (tertiary/aromatic N) is 5. The number of carbonyl (C=O) groups excluding carboxylic acids is 1. The molecule has 5 rings (SSSR count). The van der Waals surface area contributed by atoms with E-state index in [0.717, 1.165) is 80.6 Å². The lowest BCUT2D eigenvalue weighted by molar-refractivity contribution is 0.122. The third kappa shape index (κ3) is 3.59. The number of rotatable bonds is 3. The van der Waals surface area contributed by atoms with Crippen LogP contribution < -0.4 is 10.2 Å². The number of ether oxygens (including phenoxy) is 1. The lowest BCUT2D eigenvalue weighted by Crippen LogP contribution is -2.36. The van der Waals surface area contributed by atoms with Gasteiger partial charge in [0.15, 0.2) is 0 Å². The van der Waals surface area contributed by atoms with Gasteiger partial charge < -0.3 is 19.9 Å². The molecule has 8 nitrogen and oxygen atoms in total. The molecule has 8 heteroatoms. The van der Waals surface area contributed by atoms with Gasteiger partial charge in [-0.05, 0) is 37.5 Å². The first kappa shape index (κ1) is 18.9. The molecule has 3 aromatic rings. The van der Waals surface area contributed by atoms with Crippen LogP contribution in [0.1, 0.15) is 18.4 Å². The maximum atomic E-state index is 12.4. The number of hydrogen-bond acceptors (Lipinski definition) is 5. The SMILES string of the molecule is Cc1cn2c(N3CCOCC3)cnc2nc1-c1cccc(NC(=O)N2CCCC2)c1. The van der Waals surface area contributed by atoms with Crippen LogP contribution in [0.5, 0.6) is 0 Å². The molecule has 0 unspecified atom stereocenters. The van der Waals surface area contributed by atoms with Gasteiger partial charge in [-0.1, -0.05) is 12.1 Å². The van der Waals surface area contributed by atoms with Gasteiger partial charge in [-0.25, -0.2) is 14.8 Å². The molecule has 0 spiro atoms. The van der Waals surface area contributed by atoms with Crippen molar-refractivity contribution in [3.8, 4) is 11.3 Å². The number of amides is 2. The maximum Gasteiger partial charge on any atom is 0.321 e. The molecule has 0 radical (unpaired) electrons. The van der Waals surface area contributed by atoms with Gasteiger partial charge in [0.25, 0.3) is 0 Å². The molecular weight excluding hydrogens is 380 g/mol. The molecule has 1 aromatic carbocycles. The van der Waals surface area contributed by atoms with Crippen molar-refractivity contribution in [2.75, 3.05) is 49.6 Å². The van der Waals surface area contributed by atoms with E-state index in [1.807, 2.05) is 39.8 Å². The van der Waals surface area contributed by atoms with E-state index in [1.54, 1.807) is 0 Å². The zero-order valence-corrected chi connectivity index (χ0v) is 17.2. The highest BCUT2D eigenvalue weighted by Crippen LogP contribution is 2.27. The highest BCUT2D eigenvalue weighted by atomic mass is 16.5. The van der Waals surface area contributed by atoms with Crippen LogP contribution in [-0.2, 0) is 4.74 Å². The molecule has 30 heavy (non-hydrogen) atoms. The summed E-state index contributed by atoms with van der Waals surface area (Å²) in [4.78, 5) is 25.9.